The third-order valence-electron chi connectivity index (χ3n) is 3.55. The fourth-order valence-corrected chi connectivity index (χ4v) is 2.41. The van der Waals surface area contributed by atoms with Gasteiger partial charge in [0.15, 0.2) is 0 Å². The van der Waals surface area contributed by atoms with E-state index in [2.05, 4.69) is 10.3 Å². The molecule has 0 atom stereocenters. The number of rotatable bonds is 2. The van der Waals surface area contributed by atoms with Gasteiger partial charge in [-0.15, -0.1) is 0 Å². The number of aryl methyl sites for hydroxylation is 2. The Morgan fingerprint density at radius 1 is 1.26 bits per heavy atom. The first-order valence-electron chi connectivity index (χ1n) is 6.99. The minimum Gasteiger partial charge on any atom is -0.347 e. The van der Waals surface area contributed by atoms with Gasteiger partial charge in [-0.25, -0.2) is 9.37 Å². The van der Waals surface area contributed by atoms with Crippen LogP contribution in [0.15, 0.2) is 47.5 Å². The first kappa shape index (κ1) is 14.9. The predicted octanol–water partition coefficient (Wildman–Crippen LogP) is 2.63. The van der Waals surface area contributed by atoms with Crippen molar-refractivity contribution in [3.8, 4) is 0 Å². The Hall–Kier alpha value is -3.02. The Bertz CT molecular complexity index is 962. The van der Waals surface area contributed by atoms with E-state index in [1.807, 2.05) is 6.92 Å². The van der Waals surface area contributed by atoms with Crippen molar-refractivity contribution in [1.82, 2.24) is 9.55 Å². The summed E-state index contributed by atoms with van der Waals surface area (Å²) in [5, 5.41) is 2.74. The average molecular weight is 311 g/mol. The number of amides is 1. The standard InChI is InChI=1S/C17H14FN3O2/c1-10-6-7-14(19-8-10)20-17(23)12-9-21(2)15-11(16(12)22)4-3-5-13(15)18/h3-9H,1-2H3,(H,19,20,23). The van der Waals surface area contributed by atoms with Crippen LogP contribution >= 0.6 is 0 Å². The lowest BCUT2D eigenvalue weighted by atomic mass is 10.1. The van der Waals surface area contributed by atoms with E-state index in [0.717, 1.165) is 5.56 Å². The van der Waals surface area contributed by atoms with Crippen LogP contribution in [0.25, 0.3) is 10.9 Å². The van der Waals surface area contributed by atoms with E-state index >= 15 is 0 Å². The summed E-state index contributed by atoms with van der Waals surface area (Å²) in [7, 11) is 1.59. The third-order valence-corrected chi connectivity index (χ3v) is 3.55. The Kier molecular flexibility index (Phi) is 3.65. The van der Waals surface area contributed by atoms with Crippen molar-refractivity contribution in [2.24, 2.45) is 7.05 Å². The van der Waals surface area contributed by atoms with Gasteiger partial charge < -0.3 is 9.88 Å². The first-order chi connectivity index (χ1) is 11.0. The van der Waals surface area contributed by atoms with Crippen LogP contribution in [-0.4, -0.2) is 15.5 Å². The molecule has 1 aromatic carbocycles. The molecule has 5 nitrogen and oxygen atoms in total. The van der Waals surface area contributed by atoms with E-state index < -0.39 is 17.2 Å². The number of pyridine rings is 2. The topological polar surface area (TPSA) is 64.0 Å². The maximum Gasteiger partial charge on any atom is 0.262 e. The molecule has 3 rings (SSSR count). The largest absolute Gasteiger partial charge is 0.347 e. The van der Waals surface area contributed by atoms with Crippen LogP contribution in [0, 0.1) is 12.7 Å². The molecule has 1 N–H and O–H groups in total. The Labute approximate surface area is 131 Å². The number of benzene rings is 1. The number of nitrogens with one attached hydrogen (secondary N) is 1. The zero-order valence-electron chi connectivity index (χ0n) is 12.6. The van der Waals surface area contributed by atoms with E-state index in [1.54, 1.807) is 25.4 Å². The molecule has 0 saturated carbocycles. The van der Waals surface area contributed by atoms with Crippen molar-refractivity contribution < 1.29 is 9.18 Å². The summed E-state index contributed by atoms with van der Waals surface area (Å²) in [5.41, 5.74) is 0.554. The van der Waals surface area contributed by atoms with Gasteiger partial charge in [-0.3, -0.25) is 9.59 Å². The van der Waals surface area contributed by atoms with Crippen molar-refractivity contribution in [3.63, 3.8) is 0 Å². The van der Waals surface area contributed by atoms with Gasteiger partial charge in [0.05, 0.1) is 5.52 Å². The lowest BCUT2D eigenvalue weighted by molar-refractivity contribution is 0.102. The van der Waals surface area contributed by atoms with Crippen LogP contribution < -0.4 is 10.7 Å². The number of hydrogen-bond acceptors (Lipinski definition) is 3. The average Bonchev–Trinajstić information content (AvgIpc) is 2.52. The number of para-hydroxylation sites is 1. The highest BCUT2D eigenvalue weighted by Crippen LogP contribution is 2.15. The van der Waals surface area contributed by atoms with Gasteiger partial charge in [-0.05, 0) is 30.7 Å². The molecular weight excluding hydrogens is 297 g/mol. The maximum absolute atomic E-state index is 13.9. The van der Waals surface area contributed by atoms with Gasteiger partial charge in [-0.1, -0.05) is 12.1 Å². The summed E-state index contributed by atoms with van der Waals surface area (Å²) in [5.74, 6) is -0.732. The van der Waals surface area contributed by atoms with Crippen molar-refractivity contribution in [3.05, 3.63) is 69.9 Å². The number of anilines is 1. The molecule has 0 unspecified atom stereocenters. The first-order valence-corrected chi connectivity index (χ1v) is 6.99. The predicted molar refractivity (Wildman–Crippen MR) is 86.1 cm³/mol. The SMILES string of the molecule is Cc1ccc(NC(=O)c2cn(C)c3c(F)cccc3c2=O)nc1. The highest BCUT2D eigenvalue weighted by molar-refractivity contribution is 6.05. The number of hydrogen-bond donors (Lipinski definition) is 1. The summed E-state index contributed by atoms with van der Waals surface area (Å²) in [4.78, 5) is 28.9. The van der Waals surface area contributed by atoms with Crippen molar-refractivity contribution in [2.75, 3.05) is 5.32 Å². The van der Waals surface area contributed by atoms with Gasteiger partial charge in [0.2, 0.25) is 5.43 Å². The second kappa shape index (κ2) is 5.64. The number of fused-ring (bicyclic) bond motifs is 1. The van der Waals surface area contributed by atoms with Crippen LogP contribution in [0.2, 0.25) is 0 Å². The molecular formula is C17H14FN3O2. The maximum atomic E-state index is 13.9. The molecule has 0 bridgehead atoms. The zero-order chi connectivity index (χ0) is 16.6. The highest BCUT2D eigenvalue weighted by atomic mass is 19.1. The Morgan fingerprint density at radius 2 is 2.04 bits per heavy atom. The molecule has 0 aliphatic heterocycles. The quantitative estimate of drug-likeness (QED) is 0.791. The normalized spacial score (nSPS) is 10.7. The van der Waals surface area contributed by atoms with E-state index in [4.69, 9.17) is 0 Å². The minimum absolute atomic E-state index is 0.0621. The lowest BCUT2D eigenvalue weighted by Crippen LogP contribution is -2.24. The second-order valence-electron chi connectivity index (χ2n) is 5.29. The molecule has 0 spiro atoms. The van der Waals surface area contributed by atoms with Crippen LogP contribution in [0.1, 0.15) is 15.9 Å². The van der Waals surface area contributed by atoms with Gasteiger partial charge in [0, 0.05) is 24.8 Å². The molecule has 0 aliphatic rings. The summed E-state index contributed by atoms with van der Waals surface area (Å²) in [6.45, 7) is 1.88. The number of nitrogens with zero attached hydrogens (tertiary/aromatic N) is 2. The molecule has 2 aromatic heterocycles. The number of aromatic nitrogens is 2. The fourth-order valence-electron chi connectivity index (χ4n) is 2.41. The van der Waals surface area contributed by atoms with Crippen molar-refractivity contribution in [1.29, 1.82) is 0 Å². The van der Waals surface area contributed by atoms with Crippen molar-refractivity contribution in [2.45, 2.75) is 6.92 Å². The molecule has 0 aliphatic carbocycles. The molecule has 0 saturated heterocycles. The summed E-state index contributed by atoms with van der Waals surface area (Å²) in [6.07, 6.45) is 2.95. The van der Waals surface area contributed by atoms with E-state index in [1.165, 1.54) is 29.0 Å². The van der Waals surface area contributed by atoms with Gasteiger partial charge in [-0.2, -0.15) is 0 Å². The van der Waals surface area contributed by atoms with Gasteiger partial charge in [0.25, 0.3) is 5.91 Å². The van der Waals surface area contributed by atoms with Crippen LogP contribution in [-0.2, 0) is 7.05 Å². The molecule has 0 radical (unpaired) electrons. The van der Waals surface area contributed by atoms with Gasteiger partial charge >= 0.3 is 0 Å². The van der Waals surface area contributed by atoms with E-state index in [-0.39, 0.29) is 16.5 Å². The second-order valence-corrected chi connectivity index (χ2v) is 5.29. The smallest absolute Gasteiger partial charge is 0.262 e. The summed E-state index contributed by atoms with van der Waals surface area (Å²) < 4.78 is 15.3. The van der Waals surface area contributed by atoms with Crippen molar-refractivity contribution >= 4 is 22.6 Å². The monoisotopic (exact) mass is 311 g/mol. The molecule has 2 heterocycles. The highest BCUT2D eigenvalue weighted by Gasteiger charge is 2.16. The summed E-state index contributed by atoms with van der Waals surface area (Å²) >= 11 is 0. The molecule has 3 aromatic rings. The third kappa shape index (κ3) is 2.70. The van der Waals surface area contributed by atoms with E-state index in [0.29, 0.717) is 5.82 Å². The van der Waals surface area contributed by atoms with Gasteiger partial charge in [0.1, 0.15) is 17.2 Å². The Morgan fingerprint density at radius 3 is 2.74 bits per heavy atom. The summed E-state index contributed by atoms with van der Waals surface area (Å²) in [6, 6.07) is 7.68. The number of carbonyl (C=O) groups is 1. The molecule has 0 fully saturated rings. The van der Waals surface area contributed by atoms with Crippen LogP contribution in [0.5, 0.6) is 0 Å². The molecule has 6 heteroatoms. The van der Waals surface area contributed by atoms with E-state index in [9.17, 15) is 14.0 Å². The molecule has 1 amide bonds. The lowest BCUT2D eigenvalue weighted by Gasteiger charge is -2.10. The van der Waals surface area contributed by atoms with Crippen LogP contribution in [0.3, 0.4) is 0 Å². The fraction of sp³-hybridized carbons (Fsp3) is 0.118. The number of carbonyl (C=O) groups excluding carboxylic acids is 1. The Balaban J connectivity index is 2.06. The molecule has 116 valence electrons. The van der Waals surface area contributed by atoms with Crippen LogP contribution in [0.4, 0.5) is 10.2 Å². The minimum atomic E-state index is -0.576. The number of halogens is 1. The molecule has 23 heavy (non-hydrogen) atoms. The zero-order valence-corrected chi connectivity index (χ0v) is 12.6.